The molecule has 0 unspecified atom stereocenters. The molecule has 1 aliphatic heterocycles. The predicted octanol–water partition coefficient (Wildman–Crippen LogP) is 2.64. The molecule has 0 spiro atoms. The number of carbonyl (C=O) groups excluding carboxylic acids is 1. The van der Waals surface area contributed by atoms with E-state index in [1.807, 2.05) is 0 Å². The van der Waals surface area contributed by atoms with Crippen LogP contribution in [0.1, 0.15) is 33.0 Å². The van der Waals surface area contributed by atoms with E-state index in [9.17, 15) is 23.5 Å². The van der Waals surface area contributed by atoms with Gasteiger partial charge < -0.3 is 9.84 Å². The average molecular weight is 415 g/mol. The summed E-state index contributed by atoms with van der Waals surface area (Å²) < 4.78 is 33.2. The quantitative estimate of drug-likeness (QED) is 0.682. The Morgan fingerprint density at radius 3 is 2.70 bits per heavy atom. The number of carbonyl (C=O) groups is 2. The lowest BCUT2D eigenvalue weighted by Crippen LogP contribution is -2.41. The van der Waals surface area contributed by atoms with Crippen molar-refractivity contribution in [2.24, 2.45) is 0 Å². The summed E-state index contributed by atoms with van der Waals surface area (Å²) in [4.78, 5) is 33.7. The number of nitrogens with zero attached hydrogens (tertiary/aromatic N) is 5. The van der Waals surface area contributed by atoms with E-state index in [4.69, 9.17) is 4.74 Å². The first-order valence-corrected chi connectivity index (χ1v) is 8.80. The Morgan fingerprint density at radius 1 is 1.20 bits per heavy atom. The van der Waals surface area contributed by atoms with Gasteiger partial charge in [0.25, 0.3) is 12.3 Å². The van der Waals surface area contributed by atoms with E-state index < -0.39 is 18.1 Å². The van der Waals surface area contributed by atoms with Crippen LogP contribution in [-0.2, 0) is 6.54 Å². The number of aromatic nitrogens is 4. The third kappa shape index (κ3) is 3.23. The van der Waals surface area contributed by atoms with E-state index in [1.54, 1.807) is 10.7 Å². The number of ether oxygens (including phenoxy) is 1. The molecule has 1 N–H and O–H groups in total. The van der Waals surface area contributed by atoms with Crippen molar-refractivity contribution in [1.29, 1.82) is 0 Å². The molecule has 9 nitrogen and oxygen atoms in total. The molecular formula is C19H15F2N5O4. The second-order valence-electron chi connectivity index (χ2n) is 6.40. The Morgan fingerprint density at radius 2 is 2.00 bits per heavy atom. The van der Waals surface area contributed by atoms with Gasteiger partial charge in [-0.05, 0) is 18.2 Å². The number of hydrogen-bond donors (Lipinski definition) is 1. The van der Waals surface area contributed by atoms with Gasteiger partial charge in [0.2, 0.25) is 0 Å². The van der Waals surface area contributed by atoms with Crippen LogP contribution in [0.4, 0.5) is 14.6 Å². The zero-order valence-corrected chi connectivity index (χ0v) is 15.6. The number of rotatable bonds is 5. The van der Waals surface area contributed by atoms with Crippen molar-refractivity contribution < 1.29 is 28.2 Å². The molecule has 3 aromatic rings. The molecule has 1 amide bonds. The first-order valence-electron chi connectivity index (χ1n) is 8.80. The molecule has 1 aliphatic rings. The second-order valence-corrected chi connectivity index (χ2v) is 6.40. The van der Waals surface area contributed by atoms with Crippen LogP contribution in [-0.4, -0.2) is 50.4 Å². The van der Waals surface area contributed by atoms with Crippen LogP contribution >= 0.6 is 0 Å². The van der Waals surface area contributed by atoms with Gasteiger partial charge in [0.15, 0.2) is 0 Å². The first-order chi connectivity index (χ1) is 14.4. The summed E-state index contributed by atoms with van der Waals surface area (Å²) in [7, 11) is 1.32. The normalized spacial score (nSPS) is 13.5. The topological polar surface area (TPSA) is 110 Å². The molecule has 4 heterocycles. The average Bonchev–Trinajstić information content (AvgIpc) is 3.23. The highest BCUT2D eigenvalue weighted by Gasteiger charge is 2.28. The minimum atomic E-state index is -2.85. The highest BCUT2D eigenvalue weighted by molar-refractivity contribution is 6.06. The maximum absolute atomic E-state index is 13.2. The zero-order valence-electron chi connectivity index (χ0n) is 15.6. The van der Waals surface area contributed by atoms with Crippen molar-refractivity contribution in [2.75, 3.05) is 18.6 Å². The highest BCUT2D eigenvalue weighted by atomic mass is 19.3. The van der Waals surface area contributed by atoms with Crippen molar-refractivity contribution in [2.45, 2.75) is 13.0 Å². The first kappa shape index (κ1) is 19.4. The van der Waals surface area contributed by atoms with Gasteiger partial charge >= 0.3 is 5.97 Å². The lowest BCUT2D eigenvalue weighted by molar-refractivity contribution is 0.0697. The van der Waals surface area contributed by atoms with Crippen molar-refractivity contribution >= 4 is 17.7 Å². The molecular weight excluding hydrogens is 400 g/mol. The van der Waals surface area contributed by atoms with Gasteiger partial charge in [-0.25, -0.2) is 18.6 Å². The minimum Gasteiger partial charge on any atom is -0.494 e. The predicted molar refractivity (Wildman–Crippen MR) is 99.8 cm³/mol. The summed E-state index contributed by atoms with van der Waals surface area (Å²) in [6.07, 6.45) is 0.853. The van der Waals surface area contributed by atoms with E-state index in [2.05, 4.69) is 15.1 Å². The van der Waals surface area contributed by atoms with Crippen molar-refractivity contribution in [3.8, 4) is 16.9 Å². The van der Waals surface area contributed by atoms with Gasteiger partial charge in [0, 0.05) is 30.1 Å². The van der Waals surface area contributed by atoms with Crippen LogP contribution in [0.3, 0.4) is 0 Å². The number of methoxy groups -OCH3 is 1. The van der Waals surface area contributed by atoms with Crippen LogP contribution in [0.15, 0.2) is 36.8 Å². The van der Waals surface area contributed by atoms with Crippen LogP contribution in [0, 0.1) is 0 Å². The maximum Gasteiger partial charge on any atom is 0.337 e. The van der Waals surface area contributed by atoms with Gasteiger partial charge in [-0.15, -0.1) is 0 Å². The van der Waals surface area contributed by atoms with E-state index in [0.29, 0.717) is 12.2 Å². The number of amides is 1. The second kappa shape index (κ2) is 7.50. The Bertz CT molecular complexity index is 1150. The van der Waals surface area contributed by atoms with Crippen molar-refractivity contribution in [1.82, 2.24) is 19.7 Å². The summed E-state index contributed by atoms with van der Waals surface area (Å²) in [5.41, 5.74) is -0.191. The Kier molecular flexibility index (Phi) is 4.86. The smallest absolute Gasteiger partial charge is 0.337 e. The summed E-state index contributed by atoms with van der Waals surface area (Å²) in [6, 6.07) is 4.02. The van der Waals surface area contributed by atoms with E-state index >= 15 is 0 Å². The zero-order chi connectivity index (χ0) is 21.4. The number of hydrogen-bond acceptors (Lipinski definition) is 6. The molecule has 154 valence electrons. The Labute approximate surface area is 168 Å². The molecule has 30 heavy (non-hydrogen) atoms. The van der Waals surface area contributed by atoms with Crippen molar-refractivity contribution in [3.63, 3.8) is 0 Å². The number of fused-ring (bicyclic) bond motifs is 1. The summed E-state index contributed by atoms with van der Waals surface area (Å²) >= 11 is 0. The molecule has 0 fully saturated rings. The van der Waals surface area contributed by atoms with Crippen LogP contribution < -0.4 is 9.64 Å². The van der Waals surface area contributed by atoms with Gasteiger partial charge in [-0.2, -0.15) is 5.10 Å². The molecule has 4 rings (SSSR count). The number of aromatic carboxylic acids is 1. The maximum atomic E-state index is 13.2. The number of carboxylic acids is 1. The molecule has 11 heteroatoms. The molecule has 0 aromatic carbocycles. The van der Waals surface area contributed by atoms with Gasteiger partial charge in [0.1, 0.15) is 23.0 Å². The summed E-state index contributed by atoms with van der Waals surface area (Å²) in [6.45, 7) is 0.696. The van der Waals surface area contributed by atoms with Crippen molar-refractivity contribution in [3.05, 3.63) is 53.7 Å². The SMILES string of the molecule is COc1cnc(C(F)F)cc1-c1cc(N2CCn3nccc3C2=O)ncc1C(=O)O. The van der Waals surface area contributed by atoms with E-state index in [-0.39, 0.29) is 40.7 Å². The summed E-state index contributed by atoms with van der Waals surface area (Å²) in [5, 5.41) is 13.7. The monoisotopic (exact) mass is 415 g/mol. The molecule has 0 atom stereocenters. The largest absolute Gasteiger partial charge is 0.494 e. The number of carboxylic acid groups (broad SMARTS) is 1. The Hall–Kier alpha value is -3.89. The fourth-order valence-corrected chi connectivity index (χ4v) is 3.28. The van der Waals surface area contributed by atoms with Gasteiger partial charge in [-0.3, -0.25) is 19.4 Å². The standard InChI is InChI=1S/C19H15F2N5O4/c1-30-15-9-22-13(17(20)21)6-11(15)10-7-16(23-8-12(10)19(28)29)25-4-5-26-14(18(25)27)2-3-24-26/h2-3,6-9,17H,4-5H2,1H3,(H,28,29). The molecule has 0 aliphatic carbocycles. The number of halogens is 2. The van der Waals surface area contributed by atoms with Gasteiger partial charge in [-0.1, -0.05) is 0 Å². The molecule has 3 aromatic heterocycles. The minimum absolute atomic E-state index is 0.0838. The number of pyridine rings is 2. The molecule has 0 saturated carbocycles. The van der Waals surface area contributed by atoms with E-state index in [1.165, 1.54) is 24.3 Å². The van der Waals surface area contributed by atoms with E-state index in [0.717, 1.165) is 18.5 Å². The molecule has 0 saturated heterocycles. The van der Waals surface area contributed by atoms with Gasteiger partial charge in [0.05, 0.1) is 25.4 Å². The summed E-state index contributed by atoms with van der Waals surface area (Å²) in [5.74, 6) is -1.35. The van der Waals surface area contributed by atoms with Crippen LogP contribution in [0.5, 0.6) is 5.75 Å². The third-order valence-electron chi connectivity index (χ3n) is 4.73. The Balaban J connectivity index is 1.86. The highest BCUT2D eigenvalue weighted by Crippen LogP contribution is 2.36. The molecule has 0 radical (unpaired) electrons. The lowest BCUT2D eigenvalue weighted by atomic mass is 10.0. The van der Waals surface area contributed by atoms with Crippen LogP contribution in [0.25, 0.3) is 11.1 Å². The number of anilines is 1. The number of alkyl halides is 2. The molecule has 0 bridgehead atoms. The van der Waals surface area contributed by atoms with Crippen LogP contribution in [0.2, 0.25) is 0 Å². The fraction of sp³-hybridized carbons (Fsp3) is 0.211. The fourth-order valence-electron chi connectivity index (χ4n) is 3.28. The lowest BCUT2D eigenvalue weighted by Gasteiger charge is -2.27. The third-order valence-corrected chi connectivity index (χ3v) is 4.73.